The zero-order valence-electron chi connectivity index (χ0n) is 33.1. The van der Waals surface area contributed by atoms with Gasteiger partial charge in [-0.2, -0.15) is 9.13 Å². The van der Waals surface area contributed by atoms with Crippen molar-refractivity contribution in [2.75, 3.05) is 0 Å². The monoisotopic (exact) mass is 692 g/mol. The summed E-state index contributed by atoms with van der Waals surface area (Å²) in [7, 11) is 0. The van der Waals surface area contributed by atoms with E-state index in [0.29, 0.717) is 0 Å². The molecule has 4 aromatic carbocycles. The van der Waals surface area contributed by atoms with E-state index in [9.17, 15) is 0 Å². The minimum Gasteiger partial charge on any atom is -0.225 e. The minimum absolute atomic E-state index is 0.153. The van der Waals surface area contributed by atoms with E-state index in [2.05, 4.69) is 171 Å². The van der Waals surface area contributed by atoms with Gasteiger partial charge in [0, 0.05) is 0 Å². The maximum absolute atomic E-state index is 2.61. The van der Waals surface area contributed by atoms with Crippen molar-refractivity contribution < 1.29 is 9.13 Å². The predicted molar refractivity (Wildman–Crippen MR) is 216 cm³/mol. The van der Waals surface area contributed by atoms with Gasteiger partial charge in [0.1, 0.15) is 24.5 Å². The normalized spacial score (nSPS) is 20.2. The van der Waals surface area contributed by atoms with Crippen LogP contribution < -0.4 is 9.13 Å². The van der Waals surface area contributed by atoms with E-state index >= 15 is 0 Å². The molecule has 4 heteroatoms. The van der Waals surface area contributed by atoms with Crippen LogP contribution in [0.1, 0.15) is 129 Å². The molecule has 4 nitrogen and oxygen atoms in total. The lowest BCUT2D eigenvalue weighted by molar-refractivity contribution is -0.755. The first-order valence-electron chi connectivity index (χ1n) is 20.1. The fourth-order valence-corrected chi connectivity index (χ4v) is 9.64. The van der Waals surface area contributed by atoms with Gasteiger partial charge in [-0.3, -0.25) is 0 Å². The van der Waals surface area contributed by atoms with Crippen LogP contribution in [0.2, 0.25) is 0 Å². The second kappa shape index (κ2) is 12.7. The van der Waals surface area contributed by atoms with Crippen molar-refractivity contribution in [2.24, 2.45) is 0 Å². The molecule has 2 aliphatic rings. The number of unbranched alkanes of at least 4 members (excludes halogenated alkanes) is 2. The minimum atomic E-state index is 0.153. The van der Waals surface area contributed by atoms with Crippen molar-refractivity contribution in [3.05, 3.63) is 120 Å². The smallest absolute Gasteiger partial charge is 0.225 e. The summed E-state index contributed by atoms with van der Waals surface area (Å²) in [5, 5.41) is 0. The largest absolute Gasteiger partial charge is 0.250 e. The summed E-state index contributed by atoms with van der Waals surface area (Å²) in [6.07, 6.45) is 14.8. The van der Waals surface area contributed by atoms with E-state index in [0.717, 1.165) is 13.1 Å². The highest BCUT2D eigenvalue weighted by Crippen LogP contribution is 2.50. The summed E-state index contributed by atoms with van der Waals surface area (Å²) in [5.74, 6) is 0. The first-order valence-corrected chi connectivity index (χ1v) is 20.1. The van der Waals surface area contributed by atoms with Crippen molar-refractivity contribution >= 4 is 22.1 Å². The lowest BCUT2D eigenvalue weighted by Crippen LogP contribution is -2.44. The van der Waals surface area contributed by atoms with Crippen LogP contribution in [0.4, 0.5) is 0 Å². The van der Waals surface area contributed by atoms with Gasteiger partial charge >= 0.3 is 0 Å². The number of hydrogen-bond acceptors (Lipinski definition) is 0. The van der Waals surface area contributed by atoms with E-state index in [1.54, 1.807) is 11.1 Å². The number of benzene rings is 4. The number of aromatic nitrogens is 4. The average Bonchev–Trinajstić information content (AvgIpc) is 3.69. The Labute approximate surface area is 312 Å². The molecule has 0 bridgehead atoms. The van der Waals surface area contributed by atoms with E-state index in [-0.39, 0.29) is 21.7 Å². The first-order chi connectivity index (χ1) is 24.8. The quantitative estimate of drug-likeness (QED) is 0.106. The fourth-order valence-electron chi connectivity index (χ4n) is 9.64. The predicted octanol–water partition coefficient (Wildman–Crippen LogP) is 11.1. The third-order valence-electron chi connectivity index (χ3n) is 13.4. The number of rotatable bonds is 9. The highest BCUT2D eigenvalue weighted by Gasteiger charge is 2.42. The average molecular weight is 693 g/mol. The summed E-state index contributed by atoms with van der Waals surface area (Å²) < 4.78 is 9.93. The van der Waals surface area contributed by atoms with Crippen molar-refractivity contribution in [1.82, 2.24) is 9.13 Å². The second-order valence-corrected chi connectivity index (χ2v) is 18.5. The maximum Gasteiger partial charge on any atom is 0.250 e. The summed E-state index contributed by atoms with van der Waals surface area (Å²) >= 11 is 0. The first kappa shape index (κ1) is 34.9. The molecule has 0 fully saturated rings. The van der Waals surface area contributed by atoms with Crippen molar-refractivity contribution in [2.45, 2.75) is 142 Å². The molecule has 0 saturated carbocycles. The molecule has 0 aliphatic heterocycles. The Bertz CT molecular complexity index is 2250. The van der Waals surface area contributed by atoms with E-state index < -0.39 is 0 Å². The van der Waals surface area contributed by atoms with E-state index in [1.807, 2.05) is 0 Å². The number of hydrogen-bond donors (Lipinski definition) is 0. The molecule has 6 aromatic rings. The zero-order valence-corrected chi connectivity index (χ0v) is 33.1. The molecule has 1 unspecified atom stereocenters. The van der Waals surface area contributed by atoms with E-state index in [1.165, 1.54) is 95.9 Å². The third kappa shape index (κ3) is 5.91. The molecule has 2 aliphatic carbocycles. The zero-order chi connectivity index (χ0) is 36.5. The Morgan fingerprint density at radius 3 is 1.42 bits per heavy atom. The van der Waals surface area contributed by atoms with Crippen molar-refractivity contribution in [3.8, 4) is 11.4 Å². The van der Waals surface area contributed by atoms with Crippen LogP contribution in [0.3, 0.4) is 0 Å². The van der Waals surface area contributed by atoms with Crippen LogP contribution in [-0.2, 0) is 34.7 Å². The lowest BCUT2D eigenvalue weighted by Gasteiger charge is -2.43. The summed E-state index contributed by atoms with van der Waals surface area (Å²) in [6, 6.07) is 32.1. The number of fused-ring (bicyclic) bond motifs is 4. The van der Waals surface area contributed by atoms with Gasteiger partial charge in [-0.05, 0) is 125 Å². The van der Waals surface area contributed by atoms with Gasteiger partial charge in [-0.25, -0.2) is 9.13 Å². The van der Waals surface area contributed by atoms with Crippen LogP contribution in [0.15, 0.2) is 97.6 Å². The van der Waals surface area contributed by atoms with Gasteiger partial charge in [0.2, 0.25) is 12.7 Å². The topological polar surface area (TPSA) is 17.6 Å². The Morgan fingerprint density at radius 2 is 0.942 bits per heavy atom. The Hall–Kier alpha value is -4.18. The molecule has 52 heavy (non-hydrogen) atoms. The van der Waals surface area contributed by atoms with Crippen molar-refractivity contribution in [1.29, 1.82) is 0 Å². The molecule has 8 rings (SSSR count). The molecule has 0 spiro atoms. The standard InChI is InChI=1S/C48H60N4/c1-9-10-17-22-48(8)26-25-47(6,7)39-31-44-42(32-40(39)48)50(34-52(44)36-20-15-12-16-21-36)28-27-49-33-51(35-18-13-11-14-19-35)43-30-38-37(29-41(43)49)45(2,3)23-24-46(38,4)5/h11-16,18-21,29-34H,9-10,17,22-28H2,1-8H3/q+2. The van der Waals surface area contributed by atoms with Gasteiger partial charge in [-0.15, -0.1) is 0 Å². The molecule has 1 atom stereocenters. The highest BCUT2D eigenvalue weighted by atomic mass is 15.2. The van der Waals surface area contributed by atoms with Gasteiger partial charge in [-0.1, -0.05) is 111 Å². The molecule has 270 valence electrons. The van der Waals surface area contributed by atoms with Crippen LogP contribution in [0.25, 0.3) is 33.4 Å². The molecule has 2 heterocycles. The Balaban J connectivity index is 1.28. The van der Waals surface area contributed by atoms with Gasteiger partial charge in [0.15, 0.2) is 22.1 Å². The molecule has 0 radical (unpaired) electrons. The lowest BCUT2D eigenvalue weighted by atomic mass is 9.61. The summed E-state index contributed by atoms with van der Waals surface area (Å²) in [5.41, 5.74) is 14.5. The van der Waals surface area contributed by atoms with Crippen LogP contribution in [0, 0.1) is 0 Å². The van der Waals surface area contributed by atoms with Crippen molar-refractivity contribution in [3.63, 3.8) is 0 Å². The van der Waals surface area contributed by atoms with Gasteiger partial charge < -0.3 is 0 Å². The van der Waals surface area contributed by atoms with Crippen LogP contribution in [-0.4, -0.2) is 9.13 Å². The van der Waals surface area contributed by atoms with Gasteiger partial charge in [0.25, 0.3) is 0 Å². The highest BCUT2D eigenvalue weighted by molar-refractivity contribution is 5.79. The van der Waals surface area contributed by atoms with Gasteiger partial charge in [0.05, 0.1) is 0 Å². The molecule has 0 N–H and O–H groups in total. The number of imidazole rings is 2. The Morgan fingerprint density at radius 1 is 0.519 bits per heavy atom. The maximum atomic E-state index is 2.61. The van der Waals surface area contributed by atoms with Crippen LogP contribution in [0.5, 0.6) is 0 Å². The second-order valence-electron chi connectivity index (χ2n) is 18.5. The van der Waals surface area contributed by atoms with Crippen LogP contribution >= 0.6 is 0 Å². The number of aryl methyl sites for hydroxylation is 2. The Kier molecular flexibility index (Phi) is 8.55. The number of nitrogens with zero attached hydrogens (tertiary/aromatic N) is 4. The summed E-state index contributed by atoms with van der Waals surface area (Å²) in [6.45, 7) is 21.3. The van der Waals surface area contributed by atoms with E-state index in [4.69, 9.17) is 0 Å². The molecular weight excluding hydrogens is 633 g/mol. The molecule has 2 aromatic heterocycles. The summed E-state index contributed by atoms with van der Waals surface area (Å²) in [4.78, 5) is 0. The SMILES string of the molecule is CCCCCC1(C)CCC(C)(C)c2cc3c(cc21)[n+](CC[n+]1cn(-c2ccccc2)c2cc4c(cc21)C(C)(C)CCC4(C)C)cn3-c1ccccc1. The molecular formula is C48H60N4+2. The third-order valence-corrected chi connectivity index (χ3v) is 13.4. The molecule has 0 saturated heterocycles. The fraction of sp³-hybridized carbons (Fsp3) is 0.458. The molecule has 0 amide bonds. The number of para-hydroxylation sites is 2.